The Morgan fingerprint density at radius 1 is 1.23 bits per heavy atom. The fraction of sp³-hybridized carbons (Fsp3) is 0.348. The summed E-state index contributed by atoms with van der Waals surface area (Å²) in [5, 5.41) is 7.63. The Morgan fingerprint density at radius 2 is 2.06 bits per heavy atom. The quantitative estimate of drug-likeness (QED) is 0.505. The molecule has 4 rings (SSSR count). The Hall–Kier alpha value is -3.26. The number of guanidine groups is 1. The van der Waals surface area contributed by atoms with Crippen molar-refractivity contribution in [1.29, 1.82) is 0 Å². The van der Waals surface area contributed by atoms with Gasteiger partial charge in [-0.15, -0.1) is 0 Å². The summed E-state index contributed by atoms with van der Waals surface area (Å²) in [6.45, 7) is 6.77. The van der Waals surface area contributed by atoms with Crippen molar-refractivity contribution in [2.45, 2.75) is 32.6 Å². The Bertz CT molecular complexity index is 1010. The minimum absolute atomic E-state index is 0.0278. The average Bonchev–Trinajstić information content (AvgIpc) is 3.32. The highest BCUT2D eigenvalue weighted by molar-refractivity contribution is 5.80. The summed E-state index contributed by atoms with van der Waals surface area (Å²) in [5.41, 5.74) is 2.01. The summed E-state index contributed by atoms with van der Waals surface area (Å²) in [5.74, 6) is 1.35. The summed E-state index contributed by atoms with van der Waals surface area (Å²) in [6.07, 6.45) is 5.26. The first-order valence-corrected chi connectivity index (χ1v) is 10.5. The lowest BCUT2D eigenvalue weighted by Crippen LogP contribution is -2.50. The maximum atomic E-state index is 13.3. The lowest BCUT2D eigenvalue weighted by Gasteiger charge is -2.38. The van der Waals surface area contributed by atoms with Crippen molar-refractivity contribution >= 4 is 5.96 Å². The molecular weight excluding hydrogens is 395 g/mol. The lowest BCUT2D eigenvalue weighted by molar-refractivity contribution is -0.0605. The van der Waals surface area contributed by atoms with Crippen molar-refractivity contribution in [1.82, 2.24) is 25.0 Å². The largest absolute Gasteiger partial charge is 0.367 e. The zero-order valence-electron chi connectivity index (χ0n) is 17.8. The van der Waals surface area contributed by atoms with Gasteiger partial charge in [-0.1, -0.05) is 12.1 Å². The summed E-state index contributed by atoms with van der Waals surface area (Å²) in [4.78, 5) is 11.5. The van der Waals surface area contributed by atoms with Crippen LogP contribution in [0.1, 0.15) is 31.1 Å². The summed E-state index contributed by atoms with van der Waals surface area (Å²) in [7, 11) is 0. The molecule has 1 N–H and O–H groups in total. The van der Waals surface area contributed by atoms with Gasteiger partial charge in [0.2, 0.25) is 0 Å². The third-order valence-corrected chi connectivity index (χ3v) is 5.10. The number of nitrogens with one attached hydrogen (secondary N) is 1. The van der Waals surface area contributed by atoms with Gasteiger partial charge in [-0.05, 0) is 55.3 Å². The standard InChI is InChI=1S/C23H27FN6O/c1-3-25-23(27-14-18-9-11-26-22(13-18)30-12-4-10-28-30)29-15-17(2)31-21(16-29)19-5-7-20(24)8-6-19/h4-13,17,21H,3,14-16H2,1-2H3,(H,25,27). The SMILES string of the molecule is CCNC(=NCc1ccnc(-n2cccn2)c1)N1CC(C)OC(c2ccc(F)cc2)C1. The van der Waals surface area contributed by atoms with E-state index in [0.29, 0.717) is 13.1 Å². The molecule has 8 heteroatoms. The van der Waals surface area contributed by atoms with Crippen LogP contribution in [0.15, 0.2) is 66.0 Å². The van der Waals surface area contributed by atoms with Gasteiger partial charge in [-0.25, -0.2) is 19.0 Å². The molecule has 0 bridgehead atoms. The van der Waals surface area contributed by atoms with Gasteiger partial charge < -0.3 is 15.0 Å². The van der Waals surface area contributed by atoms with Crippen molar-refractivity contribution in [2.75, 3.05) is 19.6 Å². The summed E-state index contributed by atoms with van der Waals surface area (Å²) in [6, 6.07) is 12.3. The van der Waals surface area contributed by atoms with E-state index in [1.165, 1.54) is 12.1 Å². The Kier molecular flexibility index (Phi) is 6.57. The molecule has 2 aromatic heterocycles. The molecule has 3 aromatic rings. The molecule has 162 valence electrons. The number of morpholine rings is 1. The van der Waals surface area contributed by atoms with Crippen molar-refractivity contribution in [3.8, 4) is 5.82 Å². The van der Waals surface area contributed by atoms with E-state index < -0.39 is 0 Å². The van der Waals surface area contributed by atoms with Gasteiger partial charge in [0.25, 0.3) is 0 Å². The normalized spacial score (nSPS) is 19.5. The number of aliphatic imine (C=N–C) groups is 1. The number of halogens is 1. The zero-order valence-corrected chi connectivity index (χ0v) is 17.8. The second kappa shape index (κ2) is 9.70. The van der Waals surface area contributed by atoms with E-state index in [-0.39, 0.29) is 18.0 Å². The molecule has 0 spiro atoms. The van der Waals surface area contributed by atoms with Crippen LogP contribution in [-0.4, -0.2) is 51.4 Å². The van der Waals surface area contributed by atoms with Gasteiger partial charge in [0.05, 0.1) is 19.2 Å². The zero-order chi connectivity index (χ0) is 21.6. The monoisotopic (exact) mass is 422 g/mol. The number of rotatable bonds is 5. The van der Waals surface area contributed by atoms with Crippen LogP contribution in [0.25, 0.3) is 5.82 Å². The van der Waals surface area contributed by atoms with Crippen molar-refractivity contribution in [2.24, 2.45) is 4.99 Å². The average molecular weight is 423 g/mol. The molecule has 0 aliphatic carbocycles. The van der Waals surface area contributed by atoms with E-state index >= 15 is 0 Å². The number of nitrogens with zero attached hydrogens (tertiary/aromatic N) is 5. The van der Waals surface area contributed by atoms with Crippen LogP contribution < -0.4 is 5.32 Å². The molecule has 0 radical (unpaired) electrons. The smallest absolute Gasteiger partial charge is 0.194 e. The van der Waals surface area contributed by atoms with Gasteiger partial charge in [0, 0.05) is 31.7 Å². The molecular formula is C23H27FN6O. The number of hydrogen-bond acceptors (Lipinski definition) is 4. The Labute approximate surface area is 181 Å². The van der Waals surface area contributed by atoms with E-state index in [1.54, 1.807) is 29.2 Å². The molecule has 2 atom stereocenters. The second-order valence-corrected chi connectivity index (χ2v) is 7.53. The van der Waals surface area contributed by atoms with E-state index in [1.807, 2.05) is 31.3 Å². The van der Waals surface area contributed by atoms with Crippen LogP contribution in [0.4, 0.5) is 4.39 Å². The molecule has 1 aliphatic rings. The van der Waals surface area contributed by atoms with Gasteiger partial charge in [0.1, 0.15) is 11.9 Å². The lowest BCUT2D eigenvalue weighted by atomic mass is 10.1. The Balaban J connectivity index is 1.51. The first-order valence-electron chi connectivity index (χ1n) is 10.5. The minimum Gasteiger partial charge on any atom is -0.367 e. The first kappa shape index (κ1) is 21.0. The molecule has 0 amide bonds. The van der Waals surface area contributed by atoms with E-state index in [9.17, 15) is 4.39 Å². The van der Waals surface area contributed by atoms with E-state index in [2.05, 4.69) is 27.2 Å². The fourth-order valence-electron chi connectivity index (χ4n) is 3.67. The van der Waals surface area contributed by atoms with Crippen LogP contribution in [0.2, 0.25) is 0 Å². The number of pyridine rings is 1. The van der Waals surface area contributed by atoms with Crippen molar-refractivity contribution < 1.29 is 9.13 Å². The van der Waals surface area contributed by atoms with Gasteiger partial charge in [0.15, 0.2) is 11.8 Å². The highest BCUT2D eigenvalue weighted by Crippen LogP contribution is 2.25. The molecule has 1 saturated heterocycles. The molecule has 31 heavy (non-hydrogen) atoms. The number of ether oxygens (including phenoxy) is 1. The van der Waals surface area contributed by atoms with Gasteiger partial charge in [-0.3, -0.25) is 0 Å². The third-order valence-electron chi connectivity index (χ3n) is 5.10. The highest BCUT2D eigenvalue weighted by atomic mass is 19.1. The van der Waals surface area contributed by atoms with E-state index in [0.717, 1.165) is 36.0 Å². The topological polar surface area (TPSA) is 67.6 Å². The maximum Gasteiger partial charge on any atom is 0.194 e. The molecule has 0 saturated carbocycles. The van der Waals surface area contributed by atoms with E-state index in [4.69, 9.17) is 9.73 Å². The molecule has 3 heterocycles. The van der Waals surface area contributed by atoms with Crippen LogP contribution in [0, 0.1) is 5.82 Å². The van der Waals surface area contributed by atoms with Crippen LogP contribution >= 0.6 is 0 Å². The number of aromatic nitrogens is 3. The predicted octanol–water partition coefficient (Wildman–Crippen LogP) is 3.33. The number of hydrogen-bond donors (Lipinski definition) is 1. The van der Waals surface area contributed by atoms with Crippen LogP contribution in [0.3, 0.4) is 0 Å². The molecule has 7 nitrogen and oxygen atoms in total. The van der Waals surface area contributed by atoms with Crippen LogP contribution in [-0.2, 0) is 11.3 Å². The Morgan fingerprint density at radius 3 is 2.81 bits per heavy atom. The second-order valence-electron chi connectivity index (χ2n) is 7.53. The van der Waals surface area contributed by atoms with Crippen molar-refractivity contribution in [3.05, 3.63) is 78.0 Å². The molecule has 2 unspecified atom stereocenters. The minimum atomic E-state index is -0.244. The third kappa shape index (κ3) is 5.27. The predicted molar refractivity (Wildman–Crippen MR) is 117 cm³/mol. The summed E-state index contributed by atoms with van der Waals surface area (Å²) >= 11 is 0. The fourth-order valence-corrected chi connectivity index (χ4v) is 3.67. The molecule has 1 fully saturated rings. The highest BCUT2D eigenvalue weighted by Gasteiger charge is 2.28. The molecule has 1 aromatic carbocycles. The van der Waals surface area contributed by atoms with Crippen molar-refractivity contribution in [3.63, 3.8) is 0 Å². The summed E-state index contributed by atoms with van der Waals surface area (Å²) < 4.78 is 21.2. The van der Waals surface area contributed by atoms with Gasteiger partial charge in [-0.2, -0.15) is 5.10 Å². The first-order chi connectivity index (χ1) is 15.1. The number of benzene rings is 1. The van der Waals surface area contributed by atoms with Gasteiger partial charge >= 0.3 is 0 Å². The van der Waals surface area contributed by atoms with Crippen LogP contribution in [0.5, 0.6) is 0 Å². The molecule has 1 aliphatic heterocycles. The maximum absolute atomic E-state index is 13.3.